The third-order valence-corrected chi connectivity index (χ3v) is 14.2. The molecule has 1 unspecified atom stereocenters. The average Bonchev–Trinajstić information content (AvgIpc) is 3.80. The highest BCUT2D eigenvalue weighted by molar-refractivity contribution is 6.19. The van der Waals surface area contributed by atoms with Crippen molar-refractivity contribution in [2.24, 2.45) is 39.6 Å². The van der Waals surface area contributed by atoms with E-state index in [0.717, 1.165) is 5.56 Å². The van der Waals surface area contributed by atoms with E-state index < -0.39 is 101 Å². The molecule has 0 saturated carbocycles. The lowest BCUT2D eigenvalue weighted by Gasteiger charge is -2.44. The Balaban J connectivity index is 1.45. The van der Waals surface area contributed by atoms with Gasteiger partial charge in [-0.25, -0.2) is 0 Å². The van der Waals surface area contributed by atoms with E-state index in [9.17, 15) is 39.9 Å². The first-order chi connectivity index (χ1) is 31.2. The van der Waals surface area contributed by atoms with Gasteiger partial charge in [0.15, 0.2) is 11.4 Å². The predicted octanol–water partition coefficient (Wildman–Crippen LogP) is 4.73. The zero-order chi connectivity index (χ0) is 48.2. The lowest BCUT2D eigenvalue weighted by molar-refractivity contribution is -0.160. The molecule has 1 amide bonds. The minimum Gasteiger partial charge on any atom is -0.507 e. The molecule has 0 aromatic heterocycles. The maximum atomic E-state index is 14.9. The first-order valence-electron chi connectivity index (χ1n) is 22.5. The van der Waals surface area contributed by atoms with Gasteiger partial charge in [-0.05, 0) is 25.5 Å². The van der Waals surface area contributed by atoms with E-state index in [1.165, 1.54) is 46.3 Å². The number of carbonyl (C=O) groups is 3. The van der Waals surface area contributed by atoms with Gasteiger partial charge in [0.05, 0.1) is 47.5 Å². The molecule has 1 fully saturated rings. The van der Waals surface area contributed by atoms with Crippen molar-refractivity contribution in [3.8, 4) is 17.2 Å². The van der Waals surface area contributed by atoms with Crippen LogP contribution in [0, 0.1) is 36.5 Å². The Morgan fingerprint density at radius 1 is 0.924 bits per heavy atom. The van der Waals surface area contributed by atoms with Gasteiger partial charge in [0.25, 0.3) is 11.7 Å². The van der Waals surface area contributed by atoms with E-state index in [2.05, 4.69) is 10.6 Å². The number of aliphatic hydroxyl groups excluding tert-OH is 3. The summed E-state index contributed by atoms with van der Waals surface area (Å²) >= 11 is 0. The largest absolute Gasteiger partial charge is 0.507 e. The van der Waals surface area contributed by atoms with Gasteiger partial charge in [0.2, 0.25) is 0 Å². The smallest absolute Gasteiger partial charge is 0.312 e. The average molecular weight is 911 g/mol. The highest BCUT2D eigenvalue weighted by atomic mass is 16.7. The molecule has 1 spiro atoms. The molecule has 3 aromatic carbocycles. The van der Waals surface area contributed by atoms with E-state index in [0.29, 0.717) is 0 Å². The molecule has 4 heterocycles. The van der Waals surface area contributed by atoms with Crippen molar-refractivity contribution in [3.63, 3.8) is 0 Å². The topological polar surface area (TPSA) is 238 Å². The maximum Gasteiger partial charge on any atom is 0.312 e. The van der Waals surface area contributed by atoms with Crippen molar-refractivity contribution in [1.82, 2.24) is 5.32 Å². The van der Waals surface area contributed by atoms with E-state index >= 15 is 0 Å². The Hall–Kier alpha value is -5.65. The molecule has 0 radical (unpaired) electrons. The molecule has 4 aliphatic rings. The number of methoxy groups -OCH3 is 1. The number of Topliss-reactive ketones (excluding diaryl/α,β-unsaturated/α-hetero) is 1. The normalized spacial score (nSPS) is 35.5. The fourth-order valence-corrected chi connectivity index (χ4v) is 10.0. The Morgan fingerprint density at radius 3 is 2.26 bits per heavy atom. The summed E-state index contributed by atoms with van der Waals surface area (Å²) in [5.74, 6) is -7.87. The number of ketones is 1. The highest BCUT2D eigenvalue weighted by Crippen LogP contribution is 2.50. The molecule has 0 aliphatic carbocycles. The van der Waals surface area contributed by atoms with Crippen LogP contribution in [0.25, 0.3) is 10.8 Å². The van der Waals surface area contributed by atoms with Gasteiger partial charge >= 0.3 is 11.8 Å². The van der Waals surface area contributed by atoms with Crippen molar-refractivity contribution < 1.29 is 58.9 Å². The van der Waals surface area contributed by atoms with Crippen molar-refractivity contribution in [2.75, 3.05) is 19.0 Å². The number of phenols is 2. The Morgan fingerprint density at radius 2 is 1.61 bits per heavy atom. The molecule has 1 saturated heterocycles. The third kappa shape index (κ3) is 8.38. The SMILES string of the molecule is CO[C@H]1/C=C/O[C@@]2(C)Oc3c(C)c(O)c4c(O)c(c5c(c4c3C2=O)=NC2(C[C@@H](c3ccccc3)N[C@@H](CO)[C@@H]2C)N=5)NC(=O)/C(C)=C\C=C\[C@H](C)[C@H](O)[C@@H](C)[C@H](O)[C@H](C)[C@H](OC(C)=O)[C@@H]1C. The van der Waals surface area contributed by atoms with Gasteiger partial charge in [-0.3, -0.25) is 24.4 Å². The number of aliphatic hydroxyl groups is 3. The van der Waals surface area contributed by atoms with Gasteiger partial charge in [0.1, 0.15) is 28.6 Å². The molecule has 7 rings (SSSR count). The van der Waals surface area contributed by atoms with Crippen LogP contribution < -0.4 is 26.1 Å². The predicted molar refractivity (Wildman–Crippen MR) is 244 cm³/mol. The fraction of sp³-hybridized carbons (Fsp3) is 0.500. The molecule has 3 aromatic rings. The minimum atomic E-state index is -2.03. The Labute approximate surface area is 383 Å². The number of aromatic hydroxyl groups is 2. The van der Waals surface area contributed by atoms with E-state index in [1.54, 1.807) is 46.8 Å². The van der Waals surface area contributed by atoms with Crippen LogP contribution in [0.3, 0.4) is 0 Å². The monoisotopic (exact) mass is 910 g/mol. The van der Waals surface area contributed by atoms with Crippen LogP contribution in [0.5, 0.6) is 17.2 Å². The molecule has 4 aliphatic heterocycles. The van der Waals surface area contributed by atoms with Crippen LogP contribution in [0.1, 0.15) is 89.3 Å². The molecule has 4 bridgehead atoms. The summed E-state index contributed by atoms with van der Waals surface area (Å²) in [7, 11) is 1.45. The number of carbonyl (C=O) groups excluding carboxylic acids is 3. The number of hydrogen-bond acceptors (Lipinski definition) is 15. The summed E-state index contributed by atoms with van der Waals surface area (Å²) in [6, 6.07) is 8.80. The number of amides is 1. The number of phenolic OH excluding ortho intramolecular Hbond substituents is 2. The van der Waals surface area contributed by atoms with Crippen molar-refractivity contribution in [2.45, 2.75) is 117 Å². The standard InChI is InChI=1S/C50H62N4O12/c1-23-15-14-16-24(2)48(62)52-40-39-38(53-50(54-39)21-32(31-17-12-11-13-18-31)51-33(22-55)29(50)7)35-36(44(40)60)43(59)28(6)46-37(35)47(61)49(9,66-46)64-20-19-34(63-10)25(3)45(65-30(8)56)27(5)42(58)26(4)41(23)57/h11-20,23,25-27,29,32-34,41-42,45,51,55,57-60H,21-22H2,1-10H3,(H,52,62)/b15-14+,20-19+,24-16-/t23-,25+,26+,27-,29-,32-,33-,34-,41-,42-,45+,49-,50?/m0/s1. The quantitative estimate of drug-likeness (QED) is 0.139. The second-order valence-corrected chi connectivity index (χ2v) is 18.6. The molecular weight excluding hydrogens is 849 g/mol. The number of esters is 1. The second-order valence-electron chi connectivity index (χ2n) is 18.6. The summed E-state index contributed by atoms with van der Waals surface area (Å²) in [6.45, 7) is 14.4. The molecule has 13 atom stereocenters. The minimum absolute atomic E-state index is 0.0137. The molecule has 7 N–H and O–H groups in total. The molecular formula is C50H62N4O12. The zero-order valence-electron chi connectivity index (χ0n) is 39.0. The lowest BCUT2D eigenvalue weighted by Crippen LogP contribution is -2.55. The highest BCUT2D eigenvalue weighted by Gasteiger charge is 2.52. The molecule has 66 heavy (non-hydrogen) atoms. The number of allylic oxidation sites excluding steroid dienone is 2. The summed E-state index contributed by atoms with van der Waals surface area (Å²) in [4.78, 5) is 52.0. The Bertz CT molecular complexity index is 2630. The summed E-state index contributed by atoms with van der Waals surface area (Å²) in [5.41, 5.74) is -0.248. The lowest BCUT2D eigenvalue weighted by atomic mass is 9.78. The molecule has 354 valence electrons. The van der Waals surface area contributed by atoms with Gasteiger partial charge in [-0.1, -0.05) is 83.2 Å². The van der Waals surface area contributed by atoms with Crippen LogP contribution in [0.2, 0.25) is 0 Å². The van der Waals surface area contributed by atoms with Crippen LogP contribution in [0.15, 0.2) is 76.5 Å². The zero-order valence-corrected chi connectivity index (χ0v) is 39.0. The number of nitrogens with zero attached hydrogens (tertiary/aromatic N) is 2. The van der Waals surface area contributed by atoms with Gasteiger partial charge in [-0.2, -0.15) is 0 Å². The molecule has 16 heteroatoms. The van der Waals surface area contributed by atoms with Crippen LogP contribution in [-0.2, 0) is 23.8 Å². The summed E-state index contributed by atoms with van der Waals surface area (Å²) < 4.78 is 24.1. The van der Waals surface area contributed by atoms with Crippen LogP contribution in [0.4, 0.5) is 5.69 Å². The van der Waals surface area contributed by atoms with Crippen molar-refractivity contribution >= 4 is 34.1 Å². The summed E-state index contributed by atoms with van der Waals surface area (Å²) in [5, 5.41) is 64.5. The second kappa shape index (κ2) is 18.6. The van der Waals surface area contributed by atoms with Gasteiger partial charge in [0, 0.05) is 85.6 Å². The number of ether oxygens (including phenoxy) is 4. The number of piperidine rings is 1. The fourth-order valence-electron chi connectivity index (χ4n) is 10.0. The number of hydrogen-bond donors (Lipinski definition) is 7. The van der Waals surface area contributed by atoms with Gasteiger partial charge in [-0.15, -0.1) is 0 Å². The van der Waals surface area contributed by atoms with Gasteiger partial charge < -0.3 is 55.1 Å². The number of anilines is 1. The number of benzene rings is 3. The van der Waals surface area contributed by atoms with E-state index in [-0.39, 0.29) is 68.7 Å². The van der Waals surface area contributed by atoms with Crippen LogP contribution >= 0.6 is 0 Å². The summed E-state index contributed by atoms with van der Waals surface area (Å²) in [6.07, 6.45) is 4.01. The van der Waals surface area contributed by atoms with Crippen molar-refractivity contribution in [1.29, 1.82) is 0 Å². The van der Waals surface area contributed by atoms with E-state index in [4.69, 9.17) is 28.9 Å². The first kappa shape index (κ1) is 48.3. The van der Waals surface area contributed by atoms with Crippen LogP contribution in [-0.4, -0.2) is 98.8 Å². The van der Waals surface area contributed by atoms with Crippen molar-refractivity contribution in [3.05, 3.63) is 93.9 Å². The third-order valence-electron chi connectivity index (χ3n) is 14.2. The first-order valence-corrected chi connectivity index (χ1v) is 22.5. The maximum absolute atomic E-state index is 14.9. The Kier molecular flexibility index (Phi) is 13.6. The molecule has 16 nitrogen and oxygen atoms in total. The van der Waals surface area contributed by atoms with E-state index in [1.807, 2.05) is 37.3 Å². The number of rotatable bonds is 4. The number of nitrogens with one attached hydrogen (secondary N) is 2. The number of fused-ring (bicyclic) bond motifs is 1.